The summed E-state index contributed by atoms with van der Waals surface area (Å²) in [6.07, 6.45) is 1.33. The molecule has 3 aromatic rings. The Labute approximate surface area is 255 Å². The number of carbonyl (C=O) groups is 2. The van der Waals surface area contributed by atoms with E-state index in [2.05, 4.69) is 26.1 Å². The molecule has 1 atom stereocenters. The van der Waals surface area contributed by atoms with Gasteiger partial charge in [0.15, 0.2) is 0 Å². The quantitative estimate of drug-likeness (QED) is 0.280. The van der Waals surface area contributed by atoms with Crippen LogP contribution < -0.4 is 9.62 Å². The highest BCUT2D eigenvalue weighted by Crippen LogP contribution is 2.27. The van der Waals surface area contributed by atoms with Gasteiger partial charge < -0.3 is 10.2 Å². The summed E-state index contributed by atoms with van der Waals surface area (Å²) >= 11 is 6.50. The lowest BCUT2D eigenvalue weighted by Gasteiger charge is -2.34. The van der Waals surface area contributed by atoms with Crippen molar-refractivity contribution >= 4 is 39.1 Å². The molecule has 0 aliphatic carbocycles. The van der Waals surface area contributed by atoms with Crippen molar-refractivity contribution in [3.8, 4) is 0 Å². The van der Waals surface area contributed by atoms with Crippen LogP contribution in [0.3, 0.4) is 0 Å². The lowest BCUT2D eigenvalue weighted by atomic mass is 9.87. The topological polar surface area (TPSA) is 86.8 Å². The zero-order valence-corrected chi connectivity index (χ0v) is 26.9. The number of rotatable bonds is 12. The number of nitrogens with zero attached hydrogens (tertiary/aromatic N) is 2. The zero-order chi connectivity index (χ0) is 31.1. The maximum absolute atomic E-state index is 14.2. The van der Waals surface area contributed by atoms with Crippen molar-refractivity contribution in [2.24, 2.45) is 5.92 Å². The molecule has 0 bridgehead atoms. The van der Waals surface area contributed by atoms with Gasteiger partial charge in [0, 0.05) is 24.5 Å². The Morgan fingerprint density at radius 1 is 0.905 bits per heavy atom. The molecular formula is C33H42ClN3O4S. The standard InChI is InChI=1S/C33H42ClN3O4S/c1-24(2)21-35-32(39)30(20-25-12-8-7-9-13-25)36(22-26-14-10-11-15-29(26)34)31(38)23-37(42(6,40)41)28-18-16-27(17-19-28)33(3,4)5/h7-19,24,30H,20-23H2,1-6H3,(H,35,39)/t30-/m1/s1. The Morgan fingerprint density at radius 2 is 1.50 bits per heavy atom. The van der Waals surface area contributed by atoms with E-state index < -0.39 is 28.5 Å². The summed E-state index contributed by atoms with van der Waals surface area (Å²) in [7, 11) is -3.84. The van der Waals surface area contributed by atoms with Gasteiger partial charge in [-0.3, -0.25) is 13.9 Å². The van der Waals surface area contributed by atoms with Gasteiger partial charge in [-0.15, -0.1) is 0 Å². The van der Waals surface area contributed by atoms with Crippen LogP contribution in [0.5, 0.6) is 0 Å². The van der Waals surface area contributed by atoms with Gasteiger partial charge in [-0.05, 0) is 46.2 Å². The molecule has 42 heavy (non-hydrogen) atoms. The molecule has 0 saturated carbocycles. The molecule has 3 rings (SSSR count). The van der Waals surface area contributed by atoms with Gasteiger partial charge in [0.1, 0.15) is 12.6 Å². The maximum atomic E-state index is 14.2. The number of amides is 2. The molecule has 0 radical (unpaired) electrons. The maximum Gasteiger partial charge on any atom is 0.244 e. The number of halogens is 1. The predicted octanol–water partition coefficient (Wildman–Crippen LogP) is 5.82. The van der Waals surface area contributed by atoms with Crippen LogP contribution in [0.2, 0.25) is 5.02 Å². The lowest BCUT2D eigenvalue weighted by Crippen LogP contribution is -2.53. The van der Waals surface area contributed by atoms with Crippen molar-refractivity contribution < 1.29 is 18.0 Å². The van der Waals surface area contributed by atoms with Crippen LogP contribution in [0.1, 0.15) is 51.3 Å². The zero-order valence-electron chi connectivity index (χ0n) is 25.3. The second-order valence-electron chi connectivity index (χ2n) is 12.0. The van der Waals surface area contributed by atoms with Crippen LogP contribution >= 0.6 is 11.6 Å². The number of carbonyl (C=O) groups excluding carboxylic acids is 2. The lowest BCUT2D eigenvalue weighted by molar-refractivity contribution is -0.140. The molecular weight excluding hydrogens is 570 g/mol. The molecule has 0 spiro atoms. The molecule has 226 valence electrons. The summed E-state index contributed by atoms with van der Waals surface area (Å²) in [5.74, 6) is -0.620. The first kappa shape index (κ1) is 33.1. The largest absolute Gasteiger partial charge is 0.354 e. The normalized spacial score (nSPS) is 12.6. The van der Waals surface area contributed by atoms with Crippen molar-refractivity contribution in [1.82, 2.24) is 10.2 Å². The van der Waals surface area contributed by atoms with E-state index in [1.807, 2.05) is 62.4 Å². The summed E-state index contributed by atoms with van der Waals surface area (Å²) in [5.41, 5.74) is 2.82. The fourth-order valence-electron chi connectivity index (χ4n) is 4.53. The van der Waals surface area contributed by atoms with Gasteiger partial charge in [-0.2, -0.15) is 0 Å². The molecule has 0 fully saturated rings. The SMILES string of the molecule is CC(C)CNC(=O)[C@@H](Cc1ccccc1)N(Cc1ccccc1Cl)C(=O)CN(c1ccc(C(C)(C)C)cc1)S(C)(=O)=O. The fourth-order valence-corrected chi connectivity index (χ4v) is 5.57. The van der Waals surface area contributed by atoms with Crippen LogP contribution in [-0.2, 0) is 38.0 Å². The monoisotopic (exact) mass is 611 g/mol. The Hall–Kier alpha value is -3.36. The molecule has 9 heteroatoms. The first-order valence-corrected chi connectivity index (χ1v) is 16.3. The van der Waals surface area contributed by atoms with Gasteiger partial charge in [0.05, 0.1) is 11.9 Å². The average Bonchev–Trinajstić information content (AvgIpc) is 2.92. The van der Waals surface area contributed by atoms with E-state index in [-0.39, 0.29) is 30.2 Å². The smallest absolute Gasteiger partial charge is 0.244 e. The molecule has 1 N–H and O–H groups in total. The van der Waals surface area contributed by atoms with Gasteiger partial charge in [0.25, 0.3) is 0 Å². The molecule has 2 amide bonds. The minimum absolute atomic E-state index is 0.0334. The molecule has 0 aromatic heterocycles. The third-order valence-corrected chi connectivity index (χ3v) is 8.46. The van der Waals surface area contributed by atoms with Gasteiger partial charge in [0.2, 0.25) is 21.8 Å². The number of sulfonamides is 1. The third-order valence-electron chi connectivity index (χ3n) is 6.95. The van der Waals surface area contributed by atoms with E-state index in [1.165, 1.54) is 4.90 Å². The third kappa shape index (κ3) is 9.33. The second kappa shape index (κ2) is 14.2. The first-order chi connectivity index (χ1) is 19.7. The highest BCUT2D eigenvalue weighted by atomic mass is 35.5. The van der Waals surface area contributed by atoms with E-state index in [4.69, 9.17) is 11.6 Å². The molecule has 3 aromatic carbocycles. The van der Waals surface area contributed by atoms with Crippen LogP contribution in [0.4, 0.5) is 5.69 Å². The molecule has 0 aliphatic rings. The molecule has 7 nitrogen and oxygen atoms in total. The highest BCUT2D eigenvalue weighted by molar-refractivity contribution is 7.92. The van der Waals surface area contributed by atoms with Crippen molar-refractivity contribution in [2.45, 2.75) is 59.0 Å². The molecule has 0 heterocycles. The number of anilines is 1. The van der Waals surface area contributed by atoms with Crippen LogP contribution in [0, 0.1) is 5.92 Å². The number of hydrogen-bond donors (Lipinski definition) is 1. The minimum atomic E-state index is -3.84. The number of hydrogen-bond acceptors (Lipinski definition) is 4. The van der Waals surface area contributed by atoms with Crippen LogP contribution in [0.25, 0.3) is 0 Å². The fraction of sp³-hybridized carbons (Fsp3) is 0.394. The van der Waals surface area contributed by atoms with E-state index in [1.54, 1.807) is 30.3 Å². The summed E-state index contributed by atoms with van der Waals surface area (Å²) in [6.45, 7) is 10.2. The Bertz CT molecular complexity index is 1450. The number of benzene rings is 3. The second-order valence-corrected chi connectivity index (χ2v) is 14.3. The summed E-state index contributed by atoms with van der Waals surface area (Å²) in [4.78, 5) is 29.3. The van der Waals surface area contributed by atoms with Crippen molar-refractivity contribution in [3.63, 3.8) is 0 Å². The van der Waals surface area contributed by atoms with Crippen LogP contribution in [-0.4, -0.2) is 50.5 Å². The number of nitrogens with one attached hydrogen (secondary N) is 1. The average molecular weight is 612 g/mol. The first-order valence-electron chi connectivity index (χ1n) is 14.1. The summed E-state index contributed by atoms with van der Waals surface area (Å²) in [5, 5.41) is 3.43. The van der Waals surface area contributed by atoms with E-state index in [9.17, 15) is 18.0 Å². The molecule has 0 unspecified atom stereocenters. The Balaban J connectivity index is 2.05. The van der Waals surface area contributed by atoms with Crippen LogP contribution in [0.15, 0.2) is 78.9 Å². The van der Waals surface area contributed by atoms with Gasteiger partial charge >= 0.3 is 0 Å². The molecule has 0 aliphatic heterocycles. The highest BCUT2D eigenvalue weighted by Gasteiger charge is 2.33. The molecule has 0 saturated heterocycles. The minimum Gasteiger partial charge on any atom is -0.354 e. The van der Waals surface area contributed by atoms with E-state index in [0.29, 0.717) is 22.8 Å². The summed E-state index contributed by atoms with van der Waals surface area (Å²) < 4.78 is 27.1. The van der Waals surface area contributed by atoms with Crippen molar-refractivity contribution in [1.29, 1.82) is 0 Å². The van der Waals surface area contributed by atoms with Crippen molar-refractivity contribution in [2.75, 3.05) is 23.7 Å². The van der Waals surface area contributed by atoms with E-state index >= 15 is 0 Å². The Morgan fingerprint density at radius 3 is 2.05 bits per heavy atom. The summed E-state index contributed by atoms with van der Waals surface area (Å²) in [6, 6.07) is 22.9. The van der Waals surface area contributed by atoms with Gasteiger partial charge in [-0.25, -0.2) is 8.42 Å². The van der Waals surface area contributed by atoms with Gasteiger partial charge in [-0.1, -0.05) is 107 Å². The Kier molecular flexibility index (Phi) is 11.2. The van der Waals surface area contributed by atoms with E-state index in [0.717, 1.165) is 21.7 Å². The predicted molar refractivity (Wildman–Crippen MR) is 171 cm³/mol. The van der Waals surface area contributed by atoms with Crippen molar-refractivity contribution in [3.05, 3.63) is 101 Å².